The Balaban J connectivity index is 1.97. The summed E-state index contributed by atoms with van der Waals surface area (Å²) < 4.78 is 3.87. The van der Waals surface area contributed by atoms with Crippen LogP contribution in [0.2, 0.25) is 0 Å². The summed E-state index contributed by atoms with van der Waals surface area (Å²) >= 11 is 1.43. The monoisotopic (exact) mass is 183 g/mol. The third kappa shape index (κ3) is 1.81. The summed E-state index contributed by atoms with van der Waals surface area (Å²) in [5.41, 5.74) is 1.11. The van der Waals surface area contributed by atoms with Gasteiger partial charge in [-0.3, -0.25) is 0 Å². The van der Waals surface area contributed by atoms with E-state index >= 15 is 0 Å². The van der Waals surface area contributed by atoms with Gasteiger partial charge in [-0.2, -0.15) is 0 Å². The van der Waals surface area contributed by atoms with Gasteiger partial charge in [0.15, 0.2) is 0 Å². The second-order valence-electron chi connectivity index (χ2n) is 3.35. The van der Waals surface area contributed by atoms with Crippen LogP contribution in [-0.4, -0.2) is 16.6 Å². The zero-order chi connectivity index (χ0) is 8.39. The SMILES string of the molecule is CNC(CC1CC1)c1csnn1. The van der Waals surface area contributed by atoms with Crippen molar-refractivity contribution in [3.8, 4) is 0 Å². The van der Waals surface area contributed by atoms with E-state index in [1.807, 2.05) is 12.4 Å². The van der Waals surface area contributed by atoms with E-state index in [4.69, 9.17) is 0 Å². The van der Waals surface area contributed by atoms with E-state index in [1.54, 1.807) is 0 Å². The predicted octanol–water partition coefficient (Wildman–Crippen LogP) is 1.60. The lowest BCUT2D eigenvalue weighted by atomic mass is 10.1. The molecule has 1 saturated carbocycles. The van der Waals surface area contributed by atoms with Gasteiger partial charge in [0.1, 0.15) is 0 Å². The lowest BCUT2D eigenvalue weighted by molar-refractivity contribution is 0.502. The largest absolute Gasteiger partial charge is 0.312 e. The Labute approximate surface area is 76.4 Å². The summed E-state index contributed by atoms with van der Waals surface area (Å²) in [4.78, 5) is 0. The third-order valence-electron chi connectivity index (χ3n) is 2.35. The highest BCUT2D eigenvalue weighted by atomic mass is 32.1. The van der Waals surface area contributed by atoms with Crippen molar-refractivity contribution >= 4 is 11.5 Å². The quantitative estimate of drug-likeness (QED) is 0.770. The number of nitrogens with one attached hydrogen (secondary N) is 1. The van der Waals surface area contributed by atoms with Gasteiger partial charge in [-0.25, -0.2) is 0 Å². The van der Waals surface area contributed by atoms with Crippen LogP contribution in [0.25, 0.3) is 0 Å². The van der Waals surface area contributed by atoms with Crippen LogP contribution >= 0.6 is 11.5 Å². The first-order valence-electron chi connectivity index (χ1n) is 4.34. The van der Waals surface area contributed by atoms with Crippen LogP contribution in [0.4, 0.5) is 0 Å². The number of rotatable bonds is 4. The van der Waals surface area contributed by atoms with E-state index in [0.717, 1.165) is 11.6 Å². The molecule has 1 N–H and O–H groups in total. The van der Waals surface area contributed by atoms with Crippen LogP contribution in [0.15, 0.2) is 5.38 Å². The van der Waals surface area contributed by atoms with E-state index in [0.29, 0.717) is 6.04 Å². The third-order valence-corrected chi connectivity index (χ3v) is 2.87. The summed E-state index contributed by atoms with van der Waals surface area (Å²) in [6, 6.07) is 0.427. The minimum absolute atomic E-state index is 0.427. The molecule has 1 heterocycles. The van der Waals surface area contributed by atoms with Crippen LogP contribution < -0.4 is 5.32 Å². The molecular formula is C8H13N3S. The minimum atomic E-state index is 0.427. The van der Waals surface area contributed by atoms with Crippen LogP contribution in [0.3, 0.4) is 0 Å². The van der Waals surface area contributed by atoms with Gasteiger partial charge >= 0.3 is 0 Å². The smallest absolute Gasteiger partial charge is 0.0924 e. The fourth-order valence-corrected chi connectivity index (χ4v) is 1.91. The molecule has 12 heavy (non-hydrogen) atoms. The summed E-state index contributed by atoms with van der Waals surface area (Å²) in [5, 5.41) is 9.39. The van der Waals surface area contributed by atoms with Crippen LogP contribution in [0.5, 0.6) is 0 Å². The molecule has 0 radical (unpaired) electrons. The highest BCUT2D eigenvalue weighted by Gasteiger charge is 2.26. The summed E-state index contributed by atoms with van der Waals surface area (Å²) in [5.74, 6) is 0.934. The predicted molar refractivity (Wildman–Crippen MR) is 49.1 cm³/mol. The fraction of sp³-hybridized carbons (Fsp3) is 0.750. The van der Waals surface area contributed by atoms with Crippen molar-refractivity contribution in [3.63, 3.8) is 0 Å². The van der Waals surface area contributed by atoms with E-state index in [2.05, 4.69) is 14.9 Å². The molecule has 1 aliphatic carbocycles. The van der Waals surface area contributed by atoms with Gasteiger partial charge in [0.2, 0.25) is 0 Å². The van der Waals surface area contributed by atoms with Gasteiger partial charge in [0.05, 0.1) is 11.7 Å². The Hall–Kier alpha value is -0.480. The second kappa shape index (κ2) is 3.49. The molecule has 0 bridgehead atoms. The minimum Gasteiger partial charge on any atom is -0.312 e. The van der Waals surface area contributed by atoms with Crippen molar-refractivity contribution < 1.29 is 0 Å². The Kier molecular flexibility index (Phi) is 2.37. The Morgan fingerprint density at radius 2 is 2.58 bits per heavy atom. The number of hydrogen-bond acceptors (Lipinski definition) is 4. The molecule has 1 fully saturated rings. The molecule has 1 aromatic heterocycles. The van der Waals surface area contributed by atoms with E-state index < -0.39 is 0 Å². The Bertz CT molecular complexity index is 230. The molecule has 1 aromatic rings. The summed E-state index contributed by atoms with van der Waals surface area (Å²) in [7, 11) is 1.99. The molecular weight excluding hydrogens is 170 g/mol. The first kappa shape index (κ1) is 8.13. The van der Waals surface area contributed by atoms with Crippen LogP contribution in [-0.2, 0) is 0 Å². The van der Waals surface area contributed by atoms with Crippen molar-refractivity contribution in [1.82, 2.24) is 14.9 Å². The molecule has 4 heteroatoms. The Morgan fingerprint density at radius 3 is 3.08 bits per heavy atom. The number of aromatic nitrogens is 2. The average Bonchev–Trinajstić information content (AvgIpc) is 2.74. The molecule has 66 valence electrons. The molecule has 2 rings (SSSR count). The van der Waals surface area contributed by atoms with Gasteiger partial charge < -0.3 is 5.32 Å². The highest BCUT2D eigenvalue weighted by molar-refractivity contribution is 7.03. The standard InChI is InChI=1S/C8H13N3S/c1-9-7(4-6-2-3-6)8-5-12-11-10-8/h5-7,9H,2-4H2,1H3. The lowest BCUT2D eigenvalue weighted by Gasteiger charge is -2.11. The van der Waals surface area contributed by atoms with Crippen molar-refractivity contribution in [1.29, 1.82) is 0 Å². The molecule has 1 aliphatic rings. The maximum absolute atomic E-state index is 4.07. The van der Waals surface area contributed by atoms with E-state index in [1.165, 1.54) is 30.8 Å². The van der Waals surface area contributed by atoms with Crippen molar-refractivity contribution in [2.24, 2.45) is 5.92 Å². The van der Waals surface area contributed by atoms with Gasteiger partial charge in [-0.05, 0) is 30.9 Å². The van der Waals surface area contributed by atoms with Gasteiger partial charge in [-0.15, -0.1) is 5.10 Å². The maximum atomic E-state index is 4.07. The molecule has 0 saturated heterocycles. The van der Waals surface area contributed by atoms with Crippen LogP contribution in [0, 0.1) is 5.92 Å². The van der Waals surface area contributed by atoms with Crippen molar-refractivity contribution in [2.45, 2.75) is 25.3 Å². The zero-order valence-electron chi connectivity index (χ0n) is 7.16. The normalized spacial score (nSPS) is 19.4. The average molecular weight is 183 g/mol. The molecule has 0 aromatic carbocycles. The number of hydrogen-bond donors (Lipinski definition) is 1. The molecule has 0 aliphatic heterocycles. The van der Waals surface area contributed by atoms with Crippen LogP contribution in [0.1, 0.15) is 31.0 Å². The van der Waals surface area contributed by atoms with E-state index in [9.17, 15) is 0 Å². The summed E-state index contributed by atoms with van der Waals surface area (Å²) in [6.45, 7) is 0. The topological polar surface area (TPSA) is 37.8 Å². The first-order chi connectivity index (χ1) is 5.90. The molecule has 0 amide bonds. The molecule has 1 unspecified atom stereocenters. The second-order valence-corrected chi connectivity index (χ2v) is 3.96. The summed E-state index contributed by atoms with van der Waals surface area (Å²) in [6.07, 6.45) is 4.02. The Morgan fingerprint density at radius 1 is 1.75 bits per heavy atom. The molecule has 0 spiro atoms. The van der Waals surface area contributed by atoms with E-state index in [-0.39, 0.29) is 0 Å². The maximum Gasteiger partial charge on any atom is 0.0924 e. The van der Waals surface area contributed by atoms with Gasteiger partial charge in [-0.1, -0.05) is 17.3 Å². The van der Waals surface area contributed by atoms with Gasteiger partial charge in [0.25, 0.3) is 0 Å². The highest BCUT2D eigenvalue weighted by Crippen LogP contribution is 2.37. The number of nitrogens with zero attached hydrogens (tertiary/aromatic N) is 2. The lowest BCUT2D eigenvalue weighted by Crippen LogP contribution is -2.17. The molecule has 1 atom stereocenters. The zero-order valence-corrected chi connectivity index (χ0v) is 7.97. The van der Waals surface area contributed by atoms with Crippen molar-refractivity contribution in [2.75, 3.05) is 7.05 Å². The fourth-order valence-electron chi connectivity index (χ4n) is 1.40. The first-order valence-corrected chi connectivity index (χ1v) is 5.18. The molecule has 3 nitrogen and oxygen atoms in total. The van der Waals surface area contributed by atoms with Gasteiger partial charge in [0, 0.05) is 5.38 Å². The van der Waals surface area contributed by atoms with Crippen molar-refractivity contribution in [3.05, 3.63) is 11.1 Å².